The second kappa shape index (κ2) is 29.5. The molecule has 0 aliphatic heterocycles. The Bertz CT molecular complexity index is 687. The summed E-state index contributed by atoms with van der Waals surface area (Å²) in [5.74, 6) is -0.329. The van der Waals surface area contributed by atoms with E-state index in [1.54, 1.807) is 0 Å². The molecule has 0 atom stereocenters. The van der Waals surface area contributed by atoms with E-state index < -0.39 is 11.9 Å². The average Bonchev–Trinajstić information content (AvgIpc) is 2.95. The SMILES string of the molecule is CCCCCC/C=C\COC(=O)CN(CC(=O)OC(CCCCCCC)CCCCCCC)C(=O)SCCCN(C)C. The standard InChI is InChI=1S/C34H64N2O5S/c1-6-9-12-15-16-19-22-27-40-32(37)29-36(34(39)42-28-23-26-35(4)5)30-33(38)41-31(24-20-17-13-10-7-2)25-21-18-14-11-8-3/h19,22,31H,6-18,20-21,23-30H2,1-5H3/b22-19-. The molecule has 8 heteroatoms. The topological polar surface area (TPSA) is 76.1 Å². The van der Waals surface area contributed by atoms with Gasteiger partial charge in [0.05, 0.1) is 0 Å². The quantitative estimate of drug-likeness (QED) is 0.0496. The van der Waals surface area contributed by atoms with E-state index in [0.29, 0.717) is 5.75 Å². The monoisotopic (exact) mass is 612 g/mol. The number of nitrogens with zero attached hydrogens (tertiary/aromatic N) is 2. The first-order valence-electron chi connectivity index (χ1n) is 16.9. The Morgan fingerprint density at radius 1 is 0.690 bits per heavy atom. The first-order chi connectivity index (χ1) is 20.3. The van der Waals surface area contributed by atoms with E-state index in [1.807, 2.05) is 26.2 Å². The Hall–Kier alpha value is -1.54. The van der Waals surface area contributed by atoms with E-state index in [0.717, 1.165) is 76.1 Å². The number of esters is 2. The minimum Gasteiger partial charge on any atom is -0.461 e. The van der Waals surface area contributed by atoms with Crippen LogP contribution in [-0.2, 0) is 19.1 Å². The summed E-state index contributed by atoms with van der Waals surface area (Å²) in [4.78, 5) is 42.0. The van der Waals surface area contributed by atoms with Crippen LogP contribution in [0.1, 0.15) is 136 Å². The molecule has 0 radical (unpaired) electrons. The Morgan fingerprint density at radius 3 is 1.81 bits per heavy atom. The lowest BCUT2D eigenvalue weighted by Gasteiger charge is -2.23. The van der Waals surface area contributed by atoms with Gasteiger partial charge in [-0.3, -0.25) is 14.4 Å². The first kappa shape index (κ1) is 40.5. The number of rotatable bonds is 28. The number of hydrogen-bond donors (Lipinski definition) is 0. The maximum absolute atomic E-state index is 13.1. The molecule has 0 aliphatic carbocycles. The molecule has 0 aromatic rings. The third-order valence-corrected chi connectivity index (χ3v) is 8.16. The van der Waals surface area contributed by atoms with Crippen LogP contribution in [0.3, 0.4) is 0 Å². The summed E-state index contributed by atoms with van der Waals surface area (Å²) in [6.07, 6.45) is 23.7. The minimum atomic E-state index is -0.510. The van der Waals surface area contributed by atoms with Crippen LogP contribution in [0.15, 0.2) is 12.2 Å². The second-order valence-electron chi connectivity index (χ2n) is 11.6. The van der Waals surface area contributed by atoms with E-state index in [4.69, 9.17) is 9.47 Å². The van der Waals surface area contributed by atoms with Crippen LogP contribution >= 0.6 is 11.8 Å². The van der Waals surface area contributed by atoms with E-state index >= 15 is 0 Å². The van der Waals surface area contributed by atoms with Gasteiger partial charge in [0.25, 0.3) is 5.24 Å². The summed E-state index contributed by atoms with van der Waals surface area (Å²) in [6, 6.07) is 0. The molecule has 0 spiro atoms. The van der Waals surface area contributed by atoms with Gasteiger partial charge in [-0.2, -0.15) is 0 Å². The number of carbonyl (C=O) groups excluding carboxylic acids is 3. The number of thioether (sulfide) groups is 1. The summed E-state index contributed by atoms with van der Waals surface area (Å²) in [5, 5.41) is -0.287. The molecule has 0 fully saturated rings. The molecule has 0 aromatic carbocycles. The van der Waals surface area contributed by atoms with Crippen molar-refractivity contribution >= 4 is 28.9 Å². The number of ether oxygens (including phenoxy) is 2. The van der Waals surface area contributed by atoms with Crippen LogP contribution in [0.2, 0.25) is 0 Å². The van der Waals surface area contributed by atoms with Crippen molar-refractivity contribution in [1.29, 1.82) is 0 Å². The zero-order chi connectivity index (χ0) is 31.3. The number of carbonyl (C=O) groups is 3. The van der Waals surface area contributed by atoms with Crippen LogP contribution in [0, 0.1) is 0 Å². The van der Waals surface area contributed by atoms with E-state index in [9.17, 15) is 14.4 Å². The molecule has 42 heavy (non-hydrogen) atoms. The smallest absolute Gasteiger partial charge is 0.326 e. The molecular weight excluding hydrogens is 548 g/mol. The van der Waals surface area contributed by atoms with Crippen molar-refractivity contribution in [3.05, 3.63) is 12.2 Å². The largest absolute Gasteiger partial charge is 0.461 e. The predicted octanol–water partition coefficient (Wildman–Crippen LogP) is 8.80. The Morgan fingerprint density at radius 2 is 1.24 bits per heavy atom. The van der Waals surface area contributed by atoms with Crippen molar-refractivity contribution in [1.82, 2.24) is 9.80 Å². The normalized spacial score (nSPS) is 11.5. The van der Waals surface area contributed by atoms with Crippen molar-refractivity contribution in [3.63, 3.8) is 0 Å². The molecule has 0 unspecified atom stereocenters. The number of unbranched alkanes of at least 4 members (excludes halogenated alkanes) is 12. The van der Waals surface area contributed by atoms with E-state index in [-0.39, 0.29) is 31.0 Å². The number of amides is 1. The van der Waals surface area contributed by atoms with Gasteiger partial charge in [0.15, 0.2) is 0 Å². The fraction of sp³-hybridized carbons (Fsp3) is 0.853. The first-order valence-corrected chi connectivity index (χ1v) is 17.9. The molecule has 0 aliphatic rings. The lowest BCUT2D eigenvalue weighted by molar-refractivity contribution is -0.151. The average molecular weight is 613 g/mol. The van der Waals surface area contributed by atoms with Gasteiger partial charge in [-0.1, -0.05) is 115 Å². The molecule has 1 amide bonds. The molecule has 246 valence electrons. The molecule has 0 aromatic heterocycles. The molecule has 0 saturated carbocycles. The summed E-state index contributed by atoms with van der Waals surface area (Å²) < 4.78 is 11.3. The molecule has 7 nitrogen and oxygen atoms in total. The zero-order valence-electron chi connectivity index (χ0n) is 27.8. The Labute approximate surface area is 262 Å². The molecule has 0 saturated heterocycles. The molecule has 0 bridgehead atoms. The van der Waals surface area contributed by atoms with Crippen molar-refractivity contribution in [3.8, 4) is 0 Å². The Kier molecular flexibility index (Phi) is 28.4. The maximum Gasteiger partial charge on any atom is 0.326 e. The predicted molar refractivity (Wildman–Crippen MR) is 178 cm³/mol. The van der Waals surface area contributed by atoms with Gasteiger partial charge in [-0.15, -0.1) is 0 Å². The van der Waals surface area contributed by atoms with Gasteiger partial charge < -0.3 is 19.3 Å². The molecule has 0 rings (SSSR count). The van der Waals surface area contributed by atoms with Crippen molar-refractivity contribution in [2.24, 2.45) is 0 Å². The third-order valence-electron chi connectivity index (χ3n) is 7.16. The van der Waals surface area contributed by atoms with Crippen LogP contribution in [0.5, 0.6) is 0 Å². The molecular formula is C34H64N2O5S. The summed E-state index contributed by atoms with van der Waals surface area (Å²) in [6.45, 7) is 7.16. The van der Waals surface area contributed by atoms with Crippen molar-refractivity contribution < 1.29 is 23.9 Å². The minimum absolute atomic E-state index is 0.139. The number of allylic oxidation sites excluding steroid dienone is 1. The van der Waals surface area contributed by atoms with Crippen LogP contribution in [0.25, 0.3) is 0 Å². The van der Waals surface area contributed by atoms with Gasteiger partial charge in [0.1, 0.15) is 25.8 Å². The number of hydrogen-bond acceptors (Lipinski definition) is 7. The molecule has 0 heterocycles. The van der Waals surface area contributed by atoms with Crippen LogP contribution in [0.4, 0.5) is 4.79 Å². The Balaban J connectivity index is 5.03. The van der Waals surface area contributed by atoms with Gasteiger partial charge in [0.2, 0.25) is 0 Å². The van der Waals surface area contributed by atoms with Gasteiger partial charge in [-0.05, 0) is 65.6 Å². The van der Waals surface area contributed by atoms with Crippen LogP contribution < -0.4 is 0 Å². The summed E-state index contributed by atoms with van der Waals surface area (Å²) >= 11 is 1.14. The zero-order valence-corrected chi connectivity index (χ0v) is 28.7. The van der Waals surface area contributed by atoms with Crippen LogP contribution in [-0.4, -0.2) is 79.2 Å². The molecule has 0 N–H and O–H groups in total. The highest BCUT2D eigenvalue weighted by Gasteiger charge is 2.24. The third kappa shape index (κ3) is 26.1. The van der Waals surface area contributed by atoms with Crippen molar-refractivity contribution in [2.75, 3.05) is 46.1 Å². The van der Waals surface area contributed by atoms with E-state index in [2.05, 4.69) is 25.7 Å². The highest BCUT2D eigenvalue weighted by atomic mass is 32.2. The second-order valence-corrected chi connectivity index (χ2v) is 12.7. The summed E-state index contributed by atoms with van der Waals surface area (Å²) in [7, 11) is 3.99. The summed E-state index contributed by atoms with van der Waals surface area (Å²) in [5.41, 5.74) is 0. The van der Waals surface area contributed by atoms with Gasteiger partial charge >= 0.3 is 11.9 Å². The fourth-order valence-electron chi connectivity index (χ4n) is 4.63. The van der Waals surface area contributed by atoms with E-state index in [1.165, 1.54) is 62.7 Å². The lowest BCUT2D eigenvalue weighted by atomic mass is 10.0. The van der Waals surface area contributed by atoms with Crippen molar-refractivity contribution in [2.45, 2.75) is 142 Å². The maximum atomic E-state index is 13.1. The lowest BCUT2D eigenvalue weighted by Crippen LogP contribution is -2.39. The highest BCUT2D eigenvalue weighted by Crippen LogP contribution is 2.18. The van der Waals surface area contributed by atoms with Gasteiger partial charge in [-0.25, -0.2) is 0 Å². The highest BCUT2D eigenvalue weighted by molar-refractivity contribution is 8.13. The van der Waals surface area contributed by atoms with Gasteiger partial charge in [0, 0.05) is 5.75 Å². The fourth-order valence-corrected chi connectivity index (χ4v) is 5.39.